The molecule has 0 aromatic heterocycles. The number of carbonyl (C=O) groups is 5. The van der Waals surface area contributed by atoms with Gasteiger partial charge in [0.25, 0.3) is 5.91 Å². The number of sulfonamides is 1. The van der Waals surface area contributed by atoms with Gasteiger partial charge in [0.2, 0.25) is 27.9 Å². The molecule has 326 valence electrons. The smallest absolute Gasteiger partial charge is 0.412 e. The molecule has 16 nitrogen and oxygen atoms in total. The highest BCUT2D eigenvalue weighted by Crippen LogP contribution is 2.45. The van der Waals surface area contributed by atoms with Crippen molar-refractivity contribution in [1.82, 2.24) is 20.3 Å². The average molecular weight is 892 g/mol. The highest BCUT2D eigenvalue weighted by molar-refractivity contribution is 7.91. The first kappa shape index (κ1) is 47.7. The number of likely N-dealkylation sites (tertiary alicyclic amines) is 1. The van der Waals surface area contributed by atoms with Gasteiger partial charge in [-0.1, -0.05) is 62.2 Å². The van der Waals surface area contributed by atoms with Gasteiger partial charge >= 0.3 is 12.2 Å². The number of hydrogen-bond donors (Lipinski definition) is 4. The lowest BCUT2D eigenvalue weighted by Crippen LogP contribution is -2.60. The lowest BCUT2D eigenvalue weighted by molar-refractivity contribution is -0.143. The molecule has 0 spiro atoms. The van der Waals surface area contributed by atoms with Gasteiger partial charge in [-0.25, -0.2) is 22.8 Å². The van der Waals surface area contributed by atoms with Gasteiger partial charge in [0.1, 0.15) is 29.3 Å². The van der Waals surface area contributed by atoms with E-state index in [9.17, 15) is 37.2 Å². The van der Waals surface area contributed by atoms with E-state index in [1.807, 2.05) is 19.9 Å². The second-order valence-corrected chi connectivity index (χ2v) is 19.9. The number of nitrogens with zero attached hydrogens (tertiary/aromatic N) is 2. The van der Waals surface area contributed by atoms with Crippen molar-refractivity contribution in [2.45, 2.75) is 116 Å². The second kappa shape index (κ2) is 18.8. The molecule has 19 heteroatoms. The van der Waals surface area contributed by atoms with E-state index in [2.05, 4.69) is 32.2 Å². The molecule has 4 N–H and O–H groups in total. The van der Waals surface area contributed by atoms with Gasteiger partial charge < -0.3 is 25.0 Å². The Labute approximate surface area is 360 Å². The van der Waals surface area contributed by atoms with Gasteiger partial charge in [-0.05, 0) is 94.7 Å². The molecule has 5 amide bonds. The van der Waals surface area contributed by atoms with Crippen LogP contribution in [0.3, 0.4) is 0 Å². The highest BCUT2D eigenvalue weighted by atomic mass is 35.5. The monoisotopic (exact) mass is 890 g/mol. The molecule has 3 aliphatic rings. The molecule has 2 aromatic rings. The van der Waals surface area contributed by atoms with E-state index in [1.165, 1.54) is 17.1 Å². The highest BCUT2D eigenvalue weighted by Gasteiger charge is 2.62. The van der Waals surface area contributed by atoms with Crippen molar-refractivity contribution in [3.8, 4) is 0 Å². The Morgan fingerprint density at radius 3 is 2.15 bits per heavy atom. The molecule has 2 saturated carbocycles. The van der Waals surface area contributed by atoms with E-state index >= 15 is 0 Å². The molecule has 5 rings (SSSR count). The van der Waals surface area contributed by atoms with Gasteiger partial charge in [-0.2, -0.15) is 4.99 Å². The average Bonchev–Trinajstić information content (AvgIpc) is 4.06. The van der Waals surface area contributed by atoms with Crippen molar-refractivity contribution in [3.63, 3.8) is 0 Å². The summed E-state index contributed by atoms with van der Waals surface area (Å²) in [6.45, 7) is 17.4. The van der Waals surface area contributed by atoms with Crippen LogP contribution in [-0.2, 0) is 38.7 Å². The van der Waals surface area contributed by atoms with Crippen LogP contribution < -0.4 is 20.7 Å². The zero-order valence-corrected chi connectivity index (χ0v) is 37.1. The number of ether oxygens (including phenoxy) is 2. The summed E-state index contributed by atoms with van der Waals surface area (Å²) in [5, 5.41) is 7.97. The van der Waals surface area contributed by atoms with Crippen molar-refractivity contribution < 1.29 is 46.7 Å². The summed E-state index contributed by atoms with van der Waals surface area (Å²) >= 11 is 11.9. The molecular weight excluding hydrogens is 839 g/mol. The van der Waals surface area contributed by atoms with E-state index in [1.54, 1.807) is 71.9 Å². The van der Waals surface area contributed by atoms with Gasteiger partial charge in [0.15, 0.2) is 0 Å². The summed E-state index contributed by atoms with van der Waals surface area (Å²) in [4.78, 5) is 81.9. The minimum absolute atomic E-state index is 0.0966. The van der Waals surface area contributed by atoms with Crippen molar-refractivity contribution in [1.29, 1.82) is 0 Å². The lowest BCUT2D eigenvalue weighted by Gasteiger charge is -2.36. The summed E-state index contributed by atoms with van der Waals surface area (Å²) in [5.74, 6) is -2.88. The largest absolute Gasteiger partial charge is 0.444 e. The normalized spacial score (nSPS) is 21.4. The van der Waals surface area contributed by atoms with Crippen LogP contribution in [0.1, 0.15) is 78.4 Å². The SMILES string of the molecule is C=CC1C[C@]1(NC(=O)[C@@H]1C[C@@H](OC(=O)Nc2cc(C)ccc2Cl)CN1C(=O)[C@@H](NC(=O)OC(C)(C)C)C(C)(C)C)C(=O)NS(=O)(=O)C1CC1.Cc1ccc(Cl)c(N=C=O)c1. The zero-order valence-electron chi connectivity index (χ0n) is 34.8. The standard InChI is InChI=1S/C33H46ClN5O9S.C8H6ClNO/c1-9-19-16-33(19,28(42)38-49(45,46)21-11-12-21)37-26(40)24-15-20(47-29(43)35-23-14-18(2)10-13-22(23)34)17-39(24)27(41)25(31(3,4)5)36-30(44)48-32(6,7)8;1-6-2-3-7(9)8(4-6)10-5-11/h9-10,13-14,19-21,24-25H,1,11-12,15-17H2,2-8H3,(H,35,43)(H,36,44)(H,37,40)(H,38,42);2-4H,1H3/t19?,20-,24+,25-,33-;/m1./s1. The Morgan fingerprint density at radius 2 is 1.60 bits per heavy atom. The fourth-order valence-corrected chi connectivity index (χ4v) is 8.11. The number of anilines is 1. The Hall–Kier alpha value is -4.96. The molecule has 1 unspecified atom stereocenters. The first-order valence-corrected chi connectivity index (χ1v) is 21.5. The first-order valence-electron chi connectivity index (χ1n) is 19.2. The van der Waals surface area contributed by atoms with Crippen molar-refractivity contribution in [2.24, 2.45) is 16.3 Å². The predicted octanol–water partition coefficient (Wildman–Crippen LogP) is 6.39. The third-order valence-electron chi connectivity index (χ3n) is 9.77. The topological polar surface area (TPSA) is 219 Å². The molecule has 1 saturated heterocycles. The number of isocyanates is 1. The Morgan fingerprint density at radius 1 is 0.983 bits per heavy atom. The Balaban J connectivity index is 0.000000624. The molecule has 1 heterocycles. The van der Waals surface area contributed by atoms with Crippen LogP contribution in [-0.4, -0.2) is 90.4 Å². The molecule has 0 bridgehead atoms. The molecule has 2 aliphatic carbocycles. The van der Waals surface area contributed by atoms with Gasteiger partial charge in [0, 0.05) is 12.3 Å². The summed E-state index contributed by atoms with van der Waals surface area (Å²) in [5.41, 5.74) is -0.696. The van der Waals surface area contributed by atoms with E-state index in [-0.39, 0.29) is 24.4 Å². The van der Waals surface area contributed by atoms with Crippen LogP contribution in [0.25, 0.3) is 0 Å². The van der Waals surface area contributed by atoms with Crippen LogP contribution in [0.15, 0.2) is 54.0 Å². The second-order valence-electron chi connectivity index (χ2n) is 17.2. The van der Waals surface area contributed by atoms with Crippen molar-refractivity contribution in [3.05, 3.63) is 70.2 Å². The number of benzene rings is 2. The van der Waals surface area contributed by atoms with Gasteiger partial charge in [0.05, 0.1) is 33.2 Å². The number of rotatable bonds is 11. The number of amides is 5. The fourth-order valence-electron chi connectivity index (χ4n) is 6.42. The lowest BCUT2D eigenvalue weighted by atomic mass is 9.85. The maximum absolute atomic E-state index is 14.2. The number of halogens is 2. The number of carbonyl (C=O) groups excluding carboxylic acids is 6. The Kier molecular flexibility index (Phi) is 14.9. The van der Waals surface area contributed by atoms with Crippen LogP contribution in [0.4, 0.5) is 21.0 Å². The van der Waals surface area contributed by atoms with Gasteiger partial charge in [-0.15, -0.1) is 6.58 Å². The Bertz CT molecular complexity index is 2180. The summed E-state index contributed by atoms with van der Waals surface area (Å²) < 4.78 is 38.3. The number of aliphatic imine (C=N–C) groups is 1. The summed E-state index contributed by atoms with van der Waals surface area (Å²) in [6, 6.07) is 7.87. The van der Waals surface area contributed by atoms with Crippen LogP contribution in [0.2, 0.25) is 10.0 Å². The summed E-state index contributed by atoms with van der Waals surface area (Å²) in [7, 11) is -3.92. The molecule has 1 aliphatic heterocycles. The van der Waals surface area contributed by atoms with E-state index < -0.39 is 85.8 Å². The van der Waals surface area contributed by atoms with Gasteiger partial charge in [-0.3, -0.25) is 24.4 Å². The van der Waals surface area contributed by atoms with E-state index in [4.69, 9.17) is 32.7 Å². The van der Waals surface area contributed by atoms with Crippen LogP contribution in [0.5, 0.6) is 0 Å². The summed E-state index contributed by atoms with van der Waals surface area (Å²) in [6.07, 6.45) is 0.994. The predicted molar refractivity (Wildman–Crippen MR) is 226 cm³/mol. The van der Waals surface area contributed by atoms with Crippen LogP contribution >= 0.6 is 23.2 Å². The molecule has 5 atom stereocenters. The van der Waals surface area contributed by atoms with Crippen molar-refractivity contribution >= 4 is 80.6 Å². The van der Waals surface area contributed by atoms with E-state index in [0.29, 0.717) is 29.2 Å². The molecule has 60 heavy (non-hydrogen) atoms. The number of nitrogens with one attached hydrogen (secondary N) is 4. The van der Waals surface area contributed by atoms with Crippen LogP contribution in [0, 0.1) is 25.2 Å². The van der Waals surface area contributed by atoms with Crippen molar-refractivity contribution in [2.75, 3.05) is 11.9 Å². The maximum atomic E-state index is 14.2. The fraction of sp³-hybridized carbons (Fsp3) is 0.512. The molecule has 2 aromatic carbocycles. The first-order chi connectivity index (χ1) is 27.8. The molecular formula is C41H52Cl2N6O10S. The molecule has 3 fully saturated rings. The number of aryl methyl sites for hydroxylation is 2. The number of hydrogen-bond acceptors (Lipinski definition) is 11. The molecule has 0 radical (unpaired) electrons. The zero-order chi connectivity index (χ0) is 45.0. The van der Waals surface area contributed by atoms with E-state index in [0.717, 1.165) is 11.1 Å². The minimum Gasteiger partial charge on any atom is -0.444 e. The maximum Gasteiger partial charge on any atom is 0.412 e. The quantitative estimate of drug-likeness (QED) is 0.111. The third kappa shape index (κ3) is 12.5. The minimum atomic E-state index is -3.92. The number of alkyl carbamates (subject to hydrolysis) is 1. The third-order valence-corrected chi connectivity index (χ3v) is 12.2.